The monoisotopic (exact) mass is 466 g/mol. The zero-order valence-corrected chi connectivity index (χ0v) is 19.2. The first kappa shape index (κ1) is 22.8. The zero-order chi connectivity index (χ0) is 23.4. The predicted molar refractivity (Wildman–Crippen MR) is 127 cm³/mol. The SMILES string of the molecule is COc1ccc(Cn2c(SCC(=O)N3CCCC(C(N)=O)C3)nc3ccccc3c2=O)cc1. The van der Waals surface area contributed by atoms with Gasteiger partial charge in [-0.3, -0.25) is 19.0 Å². The molecule has 0 spiro atoms. The molecule has 2 heterocycles. The van der Waals surface area contributed by atoms with E-state index in [2.05, 4.69) is 4.98 Å². The van der Waals surface area contributed by atoms with Crippen LogP contribution in [0.2, 0.25) is 0 Å². The molecule has 33 heavy (non-hydrogen) atoms. The minimum atomic E-state index is -0.371. The van der Waals surface area contributed by atoms with Crippen molar-refractivity contribution in [2.24, 2.45) is 11.7 Å². The number of rotatable bonds is 7. The van der Waals surface area contributed by atoms with Crippen molar-refractivity contribution in [3.8, 4) is 5.75 Å². The topological polar surface area (TPSA) is 108 Å². The number of thioether (sulfide) groups is 1. The highest BCUT2D eigenvalue weighted by molar-refractivity contribution is 7.99. The van der Waals surface area contributed by atoms with Gasteiger partial charge >= 0.3 is 0 Å². The lowest BCUT2D eigenvalue weighted by molar-refractivity contribution is -0.132. The summed E-state index contributed by atoms with van der Waals surface area (Å²) in [5, 5.41) is 1.01. The van der Waals surface area contributed by atoms with Crippen LogP contribution >= 0.6 is 11.8 Å². The van der Waals surface area contributed by atoms with Crippen molar-refractivity contribution in [2.45, 2.75) is 24.5 Å². The predicted octanol–water partition coefficient (Wildman–Crippen LogP) is 2.27. The van der Waals surface area contributed by atoms with E-state index in [1.165, 1.54) is 11.8 Å². The van der Waals surface area contributed by atoms with Crippen molar-refractivity contribution in [1.82, 2.24) is 14.5 Å². The van der Waals surface area contributed by atoms with Gasteiger partial charge in [0.2, 0.25) is 11.8 Å². The molecule has 3 aromatic rings. The molecule has 4 rings (SSSR count). The Morgan fingerprint density at radius 3 is 2.67 bits per heavy atom. The van der Waals surface area contributed by atoms with Gasteiger partial charge in [0.25, 0.3) is 5.56 Å². The Morgan fingerprint density at radius 1 is 1.18 bits per heavy atom. The van der Waals surface area contributed by atoms with Crippen LogP contribution in [-0.2, 0) is 16.1 Å². The fraction of sp³-hybridized carbons (Fsp3) is 0.333. The highest BCUT2D eigenvalue weighted by Gasteiger charge is 2.27. The molecule has 8 nitrogen and oxygen atoms in total. The molecular weight excluding hydrogens is 440 g/mol. The Morgan fingerprint density at radius 2 is 1.94 bits per heavy atom. The Balaban J connectivity index is 1.59. The quantitative estimate of drug-likeness (QED) is 0.423. The molecular formula is C24H26N4O4S. The minimum absolute atomic E-state index is 0.0932. The van der Waals surface area contributed by atoms with E-state index in [9.17, 15) is 14.4 Å². The molecule has 1 aliphatic heterocycles. The number of nitrogens with two attached hydrogens (primary N) is 1. The number of aromatic nitrogens is 2. The fourth-order valence-electron chi connectivity index (χ4n) is 3.96. The molecule has 1 aromatic heterocycles. The average Bonchev–Trinajstić information content (AvgIpc) is 2.85. The highest BCUT2D eigenvalue weighted by Crippen LogP contribution is 2.22. The van der Waals surface area contributed by atoms with E-state index in [0.717, 1.165) is 17.7 Å². The number of fused-ring (bicyclic) bond motifs is 1. The Hall–Kier alpha value is -3.33. The Bertz CT molecular complexity index is 1230. The number of piperidine rings is 1. The van der Waals surface area contributed by atoms with Gasteiger partial charge in [-0.1, -0.05) is 36.0 Å². The van der Waals surface area contributed by atoms with Crippen molar-refractivity contribution in [2.75, 3.05) is 26.0 Å². The van der Waals surface area contributed by atoms with Gasteiger partial charge in [-0.25, -0.2) is 4.98 Å². The van der Waals surface area contributed by atoms with Crippen molar-refractivity contribution in [1.29, 1.82) is 0 Å². The number of carbonyl (C=O) groups is 2. The van der Waals surface area contributed by atoms with Crippen molar-refractivity contribution in [3.63, 3.8) is 0 Å². The second-order valence-corrected chi connectivity index (χ2v) is 8.96. The summed E-state index contributed by atoms with van der Waals surface area (Å²) >= 11 is 1.23. The molecule has 2 N–H and O–H groups in total. The second-order valence-electron chi connectivity index (χ2n) is 8.02. The number of hydrogen-bond acceptors (Lipinski definition) is 6. The maximum Gasteiger partial charge on any atom is 0.262 e. The van der Waals surface area contributed by atoms with Gasteiger partial charge in [0.1, 0.15) is 5.75 Å². The van der Waals surface area contributed by atoms with Crippen LogP contribution in [0.3, 0.4) is 0 Å². The lowest BCUT2D eigenvalue weighted by Gasteiger charge is -2.31. The normalized spacial score (nSPS) is 16.0. The summed E-state index contributed by atoms with van der Waals surface area (Å²) in [6.45, 7) is 1.27. The number of para-hydroxylation sites is 1. The maximum absolute atomic E-state index is 13.3. The van der Waals surface area contributed by atoms with Crippen LogP contribution in [-0.4, -0.2) is 52.2 Å². The summed E-state index contributed by atoms with van der Waals surface area (Å²) in [6.07, 6.45) is 1.46. The molecule has 1 fully saturated rings. The lowest BCUT2D eigenvalue weighted by Crippen LogP contribution is -2.44. The smallest absolute Gasteiger partial charge is 0.262 e. The third kappa shape index (κ3) is 5.19. The first-order chi connectivity index (χ1) is 16.0. The average molecular weight is 467 g/mol. The van der Waals surface area contributed by atoms with Crippen molar-refractivity contribution < 1.29 is 14.3 Å². The maximum atomic E-state index is 13.3. The molecule has 1 aliphatic rings. The molecule has 2 aromatic carbocycles. The number of amides is 2. The summed E-state index contributed by atoms with van der Waals surface area (Å²) < 4.78 is 6.81. The summed E-state index contributed by atoms with van der Waals surface area (Å²) in [7, 11) is 1.60. The number of primary amides is 1. The molecule has 172 valence electrons. The van der Waals surface area contributed by atoms with Crippen molar-refractivity contribution in [3.05, 3.63) is 64.4 Å². The summed E-state index contributed by atoms with van der Waals surface area (Å²) in [4.78, 5) is 44.0. The fourth-order valence-corrected chi connectivity index (χ4v) is 4.87. The number of benzene rings is 2. The Kier molecular flexibility index (Phi) is 6.98. The van der Waals surface area contributed by atoms with Gasteiger partial charge in [-0.05, 0) is 42.7 Å². The third-order valence-corrected chi connectivity index (χ3v) is 6.79. The molecule has 1 atom stereocenters. The van der Waals surface area contributed by atoms with Crippen LogP contribution in [0.15, 0.2) is 58.5 Å². The van der Waals surface area contributed by atoms with Gasteiger partial charge in [0.15, 0.2) is 5.16 Å². The molecule has 0 bridgehead atoms. The standard InChI is InChI=1S/C24H26N4O4S/c1-32-18-10-8-16(9-11-18)13-28-23(31)19-6-2-3-7-20(19)26-24(28)33-15-21(29)27-12-4-5-17(14-27)22(25)30/h2-3,6-11,17H,4-5,12-15H2,1H3,(H2,25,30). The molecule has 0 saturated carbocycles. The lowest BCUT2D eigenvalue weighted by atomic mass is 9.97. The first-order valence-corrected chi connectivity index (χ1v) is 11.8. The number of likely N-dealkylation sites (tertiary alicyclic amines) is 1. The zero-order valence-electron chi connectivity index (χ0n) is 18.4. The largest absolute Gasteiger partial charge is 0.497 e. The van der Waals surface area contributed by atoms with Crippen LogP contribution < -0.4 is 16.0 Å². The molecule has 0 radical (unpaired) electrons. The van der Waals surface area contributed by atoms with Gasteiger partial charge < -0.3 is 15.4 Å². The third-order valence-electron chi connectivity index (χ3n) is 5.83. The number of ether oxygens (including phenoxy) is 1. The van der Waals surface area contributed by atoms with Crippen LogP contribution in [0.4, 0.5) is 0 Å². The molecule has 2 amide bonds. The van der Waals surface area contributed by atoms with E-state index in [-0.39, 0.29) is 29.0 Å². The van der Waals surface area contributed by atoms with E-state index < -0.39 is 0 Å². The second kappa shape index (κ2) is 10.1. The van der Waals surface area contributed by atoms with Gasteiger partial charge in [0, 0.05) is 13.1 Å². The van der Waals surface area contributed by atoms with Crippen molar-refractivity contribution >= 4 is 34.5 Å². The van der Waals surface area contributed by atoms with Crippen LogP contribution in [0.1, 0.15) is 18.4 Å². The van der Waals surface area contributed by atoms with E-state index >= 15 is 0 Å². The summed E-state index contributed by atoms with van der Waals surface area (Å²) in [6, 6.07) is 14.7. The molecule has 9 heteroatoms. The van der Waals surface area contributed by atoms with E-state index in [1.807, 2.05) is 36.4 Å². The van der Waals surface area contributed by atoms with E-state index in [0.29, 0.717) is 42.1 Å². The first-order valence-electron chi connectivity index (χ1n) is 10.8. The van der Waals surface area contributed by atoms with Gasteiger partial charge in [0.05, 0.1) is 36.2 Å². The van der Waals surface area contributed by atoms with Crippen LogP contribution in [0.25, 0.3) is 10.9 Å². The summed E-state index contributed by atoms with van der Waals surface area (Å²) in [5.41, 5.74) is 6.80. The number of carbonyl (C=O) groups excluding carboxylic acids is 2. The highest BCUT2D eigenvalue weighted by atomic mass is 32.2. The minimum Gasteiger partial charge on any atom is -0.497 e. The van der Waals surface area contributed by atoms with Crippen LogP contribution in [0, 0.1) is 5.92 Å². The van der Waals surface area contributed by atoms with Gasteiger partial charge in [-0.2, -0.15) is 0 Å². The van der Waals surface area contributed by atoms with Crippen LogP contribution in [0.5, 0.6) is 5.75 Å². The van der Waals surface area contributed by atoms with Gasteiger partial charge in [-0.15, -0.1) is 0 Å². The van der Waals surface area contributed by atoms with E-state index in [1.54, 1.807) is 28.7 Å². The number of nitrogens with zero attached hydrogens (tertiary/aromatic N) is 3. The number of hydrogen-bond donors (Lipinski definition) is 1. The molecule has 0 aliphatic carbocycles. The molecule has 1 unspecified atom stereocenters. The number of methoxy groups -OCH3 is 1. The molecule has 1 saturated heterocycles. The van der Waals surface area contributed by atoms with E-state index in [4.69, 9.17) is 10.5 Å². The Labute approximate surface area is 195 Å². The summed E-state index contributed by atoms with van der Waals surface area (Å²) in [5.74, 6) is 0.0892.